The molecule has 0 amide bonds. The first-order valence-corrected chi connectivity index (χ1v) is 10.7. The Balaban J connectivity index is 1.41. The second kappa shape index (κ2) is 9.07. The zero-order valence-corrected chi connectivity index (χ0v) is 17.8. The molecule has 0 aliphatic carbocycles. The van der Waals surface area contributed by atoms with Crippen LogP contribution in [0.1, 0.15) is 37.0 Å². The van der Waals surface area contributed by atoms with Gasteiger partial charge in [0.15, 0.2) is 6.04 Å². The van der Waals surface area contributed by atoms with Crippen LogP contribution in [0.2, 0.25) is 5.02 Å². The van der Waals surface area contributed by atoms with E-state index in [0.29, 0.717) is 12.5 Å². The van der Waals surface area contributed by atoms with Crippen molar-refractivity contribution in [3.63, 3.8) is 0 Å². The molecule has 0 unspecified atom stereocenters. The molecule has 2 aromatic heterocycles. The Morgan fingerprint density at radius 1 is 1.10 bits per heavy atom. The summed E-state index contributed by atoms with van der Waals surface area (Å²) in [7, 11) is 0. The van der Waals surface area contributed by atoms with Crippen molar-refractivity contribution in [1.29, 1.82) is 0 Å². The fourth-order valence-electron chi connectivity index (χ4n) is 4.35. The summed E-state index contributed by atoms with van der Waals surface area (Å²) in [5, 5.41) is 13.4. The zero-order valence-electron chi connectivity index (χ0n) is 17.0. The number of hydrogen-bond donors (Lipinski definition) is 2. The maximum atomic E-state index is 6.01. The molecule has 3 heterocycles. The Bertz CT molecular complexity index is 884. The molecule has 8 heteroatoms. The summed E-state index contributed by atoms with van der Waals surface area (Å²) in [6, 6.07) is 12.4. The highest BCUT2D eigenvalue weighted by Crippen LogP contribution is 2.17. The van der Waals surface area contributed by atoms with Gasteiger partial charge < -0.3 is 14.2 Å². The Kier molecular flexibility index (Phi) is 6.28. The van der Waals surface area contributed by atoms with Crippen LogP contribution in [0.25, 0.3) is 0 Å². The maximum absolute atomic E-state index is 6.01. The van der Waals surface area contributed by atoms with Gasteiger partial charge in [0.1, 0.15) is 45.0 Å². The van der Waals surface area contributed by atoms with E-state index in [1.54, 1.807) is 16.1 Å². The molecule has 154 valence electrons. The summed E-state index contributed by atoms with van der Waals surface area (Å²) in [4.78, 5) is 3.18. The molecule has 0 bridgehead atoms. The van der Waals surface area contributed by atoms with Gasteiger partial charge in [-0.3, -0.25) is 0 Å². The minimum Gasteiger partial charge on any atom is -0.467 e. The van der Waals surface area contributed by atoms with Crippen LogP contribution < -0.4 is 9.80 Å². The lowest BCUT2D eigenvalue weighted by Crippen LogP contribution is -3.27. The normalized spacial score (nSPS) is 20.8. The first-order chi connectivity index (χ1) is 14.1. The first-order valence-electron chi connectivity index (χ1n) is 10.3. The Labute approximate surface area is 176 Å². The van der Waals surface area contributed by atoms with E-state index in [-0.39, 0.29) is 6.04 Å². The van der Waals surface area contributed by atoms with E-state index in [1.807, 2.05) is 28.9 Å². The Hall–Kier alpha value is -2.22. The van der Waals surface area contributed by atoms with Gasteiger partial charge in [0, 0.05) is 16.5 Å². The highest BCUT2D eigenvalue weighted by molar-refractivity contribution is 6.30. The molecule has 2 N–H and O–H groups in total. The topological polar surface area (TPSA) is 65.6 Å². The lowest BCUT2D eigenvalue weighted by Gasteiger charge is -2.35. The minimum absolute atomic E-state index is 0.275. The Morgan fingerprint density at radius 2 is 1.86 bits per heavy atom. The van der Waals surface area contributed by atoms with E-state index in [1.165, 1.54) is 5.56 Å². The fraction of sp³-hybridized carbons (Fsp3) is 0.476. The standard InChI is InChI=1S/C21H27ClN6O/c1-16(2)20(21-23-24-25-28(21)15-19-4-3-13-29-19)27-11-9-26(10-12-27)14-17-5-7-18(22)8-6-17/h3-8,13,16,20H,9-12,14-15H2,1-2H3/p+2/t20-/m0/s1. The molecule has 1 atom stereocenters. The van der Waals surface area contributed by atoms with Crippen molar-refractivity contribution in [1.82, 2.24) is 20.2 Å². The summed E-state index contributed by atoms with van der Waals surface area (Å²) in [6.07, 6.45) is 1.69. The quantitative estimate of drug-likeness (QED) is 0.593. The van der Waals surface area contributed by atoms with Crippen LogP contribution in [0.3, 0.4) is 0 Å². The summed E-state index contributed by atoms with van der Waals surface area (Å²) >= 11 is 6.01. The van der Waals surface area contributed by atoms with Crippen molar-refractivity contribution in [2.24, 2.45) is 5.92 Å². The average Bonchev–Trinajstić information content (AvgIpc) is 3.38. The second-order valence-corrected chi connectivity index (χ2v) is 8.64. The van der Waals surface area contributed by atoms with Crippen LogP contribution in [-0.4, -0.2) is 46.4 Å². The molecule has 1 aliphatic rings. The van der Waals surface area contributed by atoms with Crippen molar-refractivity contribution >= 4 is 11.6 Å². The van der Waals surface area contributed by atoms with E-state index in [9.17, 15) is 0 Å². The van der Waals surface area contributed by atoms with E-state index >= 15 is 0 Å². The molecule has 1 aromatic carbocycles. The van der Waals surface area contributed by atoms with Crippen LogP contribution in [0.15, 0.2) is 47.1 Å². The predicted molar refractivity (Wildman–Crippen MR) is 110 cm³/mol. The molecule has 29 heavy (non-hydrogen) atoms. The van der Waals surface area contributed by atoms with Crippen molar-refractivity contribution in [3.05, 3.63) is 64.8 Å². The van der Waals surface area contributed by atoms with E-state index in [0.717, 1.165) is 49.3 Å². The van der Waals surface area contributed by atoms with Gasteiger partial charge in [-0.15, -0.1) is 5.10 Å². The van der Waals surface area contributed by atoms with Crippen LogP contribution >= 0.6 is 11.6 Å². The van der Waals surface area contributed by atoms with Crippen LogP contribution in [0.5, 0.6) is 0 Å². The number of tetrazole rings is 1. The number of rotatable bonds is 7. The van der Waals surface area contributed by atoms with Gasteiger partial charge in [0.05, 0.1) is 6.26 Å². The van der Waals surface area contributed by atoms with Crippen molar-refractivity contribution in [3.8, 4) is 0 Å². The number of quaternary nitrogens is 2. The number of hydrogen-bond acceptors (Lipinski definition) is 4. The zero-order chi connectivity index (χ0) is 20.2. The molecule has 3 aromatic rings. The summed E-state index contributed by atoms with van der Waals surface area (Å²) in [6.45, 7) is 10.6. The highest BCUT2D eigenvalue weighted by Gasteiger charge is 2.36. The second-order valence-electron chi connectivity index (χ2n) is 8.21. The van der Waals surface area contributed by atoms with Gasteiger partial charge in [-0.2, -0.15) is 0 Å². The van der Waals surface area contributed by atoms with Crippen LogP contribution in [0, 0.1) is 5.92 Å². The first kappa shape index (κ1) is 20.1. The monoisotopic (exact) mass is 416 g/mol. The van der Waals surface area contributed by atoms with Gasteiger partial charge in [-0.1, -0.05) is 37.6 Å². The number of nitrogens with one attached hydrogen (secondary N) is 2. The number of nitrogens with zero attached hydrogens (tertiary/aromatic N) is 4. The molecule has 1 fully saturated rings. The molecule has 0 radical (unpaired) electrons. The van der Waals surface area contributed by atoms with Crippen molar-refractivity contribution < 1.29 is 14.2 Å². The highest BCUT2D eigenvalue weighted by atomic mass is 35.5. The number of aromatic nitrogens is 4. The molecule has 0 saturated carbocycles. The third-order valence-electron chi connectivity index (χ3n) is 5.80. The molecule has 1 saturated heterocycles. The number of benzene rings is 1. The van der Waals surface area contributed by atoms with Crippen molar-refractivity contribution in [2.75, 3.05) is 26.2 Å². The largest absolute Gasteiger partial charge is 0.467 e. The third-order valence-corrected chi connectivity index (χ3v) is 6.05. The van der Waals surface area contributed by atoms with Crippen molar-refractivity contribution in [2.45, 2.75) is 33.0 Å². The van der Waals surface area contributed by atoms with E-state index < -0.39 is 0 Å². The van der Waals surface area contributed by atoms with Crippen LogP contribution in [0.4, 0.5) is 0 Å². The van der Waals surface area contributed by atoms with Gasteiger partial charge in [-0.25, -0.2) is 4.68 Å². The van der Waals surface area contributed by atoms with Crippen LogP contribution in [-0.2, 0) is 13.1 Å². The molecule has 1 aliphatic heterocycles. The predicted octanol–water partition coefficient (Wildman–Crippen LogP) is 0.649. The molecule has 0 spiro atoms. The van der Waals surface area contributed by atoms with E-state index in [4.69, 9.17) is 16.0 Å². The van der Waals surface area contributed by atoms with E-state index in [2.05, 4.69) is 41.5 Å². The number of piperazine rings is 1. The molecular formula is C21H29ClN6O+2. The van der Waals surface area contributed by atoms with Gasteiger partial charge in [0.2, 0.25) is 5.82 Å². The number of halogens is 1. The Morgan fingerprint density at radius 3 is 2.52 bits per heavy atom. The fourth-order valence-corrected chi connectivity index (χ4v) is 4.48. The van der Waals surface area contributed by atoms with Gasteiger partial charge in [-0.05, 0) is 34.7 Å². The van der Waals surface area contributed by atoms with Gasteiger partial charge in [0.25, 0.3) is 0 Å². The summed E-state index contributed by atoms with van der Waals surface area (Å²) in [5.41, 5.74) is 1.34. The smallest absolute Gasteiger partial charge is 0.210 e. The van der Waals surface area contributed by atoms with Gasteiger partial charge >= 0.3 is 0 Å². The lowest BCUT2D eigenvalue weighted by molar-refractivity contribution is -1.03. The molecular weight excluding hydrogens is 388 g/mol. The maximum Gasteiger partial charge on any atom is 0.210 e. The SMILES string of the molecule is CC(C)[C@@H](c1nnnn1Cc1ccco1)[NH+]1CC[NH+](Cc2ccc(Cl)cc2)CC1. The minimum atomic E-state index is 0.275. The summed E-state index contributed by atoms with van der Waals surface area (Å²) < 4.78 is 7.38. The molecule has 4 rings (SSSR count). The summed E-state index contributed by atoms with van der Waals surface area (Å²) in [5.74, 6) is 2.27. The average molecular weight is 417 g/mol. The lowest BCUT2D eigenvalue weighted by atomic mass is 10.0. The third kappa shape index (κ3) is 4.86. The molecule has 7 nitrogen and oxygen atoms in total. The number of furan rings is 1.